The first-order valence-electron chi connectivity index (χ1n) is 6.64. The SMILES string of the molecule is CN(C)C(=O)C1CCCN(Cc2ccccc2)C1. The molecule has 98 valence electrons. The Morgan fingerprint density at radius 2 is 2.06 bits per heavy atom. The van der Waals surface area contributed by atoms with E-state index in [1.165, 1.54) is 5.56 Å². The van der Waals surface area contributed by atoms with E-state index < -0.39 is 0 Å². The Labute approximate surface area is 109 Å². The van der Waals surface area contributed by atoms with Crippen molar-refractivity contribution in [3.8, 4) is 0 Å². The van der Waals surface area contributed by atoms with Gasteiger partial charge in [0.1, 0.15) is 0 Å². The maximum absolute atomic E-state index is 12.0. The van der Waals surface area contributed by atoms with Crippen LogP contribution in [0.3, 0.4) is 0 Å². The van der Waals surface area contributed by atoms with Gasteiger partial charge in [-0.1, -0.05) is 30.3 Å². The topological polar surface area (TPSA) is 23.6 Å². The zero-order valence-electron chi connectivity index (χ0n) is 11.3. The monoisotopic (exact) mass is 246 g/mol. The van der Waals surface area contributed by atoms with Crippen LogP contribution in [-0.4, -0.2) is 42.9 Å². The number of likely N-dealkylation sites (tertiary alicyclic amines) is 1. The Morgan fingerprint density at radius 1 is 1.33 bits per heavy atom. The standard InChI is InChI=1S/C15H22N2O/c1-16(2)15(18)14-9-6-10-17(12-14)11-13-7-4-3-5-8-13/h3-5,7-8,14H,6,9-12H2,1-2H3. The van der Waals surface area contributed by atoms with Gasteiger partial charge in [-0.05, 0) is 24.9 Å². The van der Waals surface area contributed by atoms with Crippen molar-refractivity contribution in [3.05, 3.63) is 35.9 Å². The average molecular weight is 246 g/mol. The third-order valence-electron chi connectivity index (χ3n) is 3.54. The molecule has 1 atom stereocenters. The Balaban J connectivity index is 1.93. The summed E-state index contributed by atoms with van der Waals surface area (Å²) in [7, 11) is 3.69. The molecule has 0 spiro atoms. The summed E-state index contributed by atoms with van der Waals surface area (Å²) >= 11 is 0. The summed E-state index contributed by atoms with van der Waals surface area (Å²) in [5.41, 5.74) is 1.33. The normalized spacial score (nSPS) is 20.7. The number of benzene rings is 1. The largest absolute Gasteiger partial charge is 0.349 e. The van der Waals surface area contributed by atoms with E-state index in [0.29, 0.717) is 0 Å². The molecule has 1 aliphatic heterocycles. The molecule has 1 aromatic carbocycles. The third kappa shape index (κ3) is 3.33. The van der Waals surface area contributed by atoms with E-state index in [-0.39, 0.29) is 11.8 Å². The van der Waals surface area contributed by atoms with Gasteiger partial charge in [0.15, 0.2) is 0 Å². The summed E-state index contributed by atoms with van der Waals surface area (Å²) in [5.74, 6) is 0.449. The third-order valence-corrected chi connectivity index (χ3v) is 3.54. The molecule has 1 heterocycles. The molecule has 0 N–H and O–H groups in total. The summed E-state index contributed by atoms with van der Waals surface area (Å²) in [6.45, 7) is 2.95. The molecule has 1 saturated heterocycles. The number of hydrogen-bond donors (Lipinski definition) is 0. The predicted octanol–water partition coefficient (Wildman–Crippen LogP) is 1.99. The molecule has 1 amide bonds. The summed E-state index contributed by atoms with van der Waals surface area (Å²) in [6.07, 6.45) is 2.15. The Morgan fingerprint density at radius 3 is 2.72 bits per heavy atom. The summed E-state index contributed by atoms with van der Waals surface area (Å²) in [5, 5.41) is 0. The van der Waals surface area contributed by atoms with Gasteiger partial charge in [0, 0.05) is 27.2 Å². The van der Waals surface area contributed by atoms with Gasteiger partial charge in [-0.15, -0.1) is 0 Å². The Hall–Kier alpha value is -1.35. The van der Waals surface area contributed by atoms with Gasteiger partial charge in [0.05, 0.1) is 5.92 Å². The molecular formula is C15H22N2O. The van der Waals surface area contributed by atoms with Gasteiger partial charge in [-0.25, -0.2) is 0 Å². The van der Waals surface area contributed by atoms with Crippen LogP contribution in [0.4, 0.5) is 0 Å². The number of carbonyl (C=O) groups excluding carboxylic acids is 1. The number of nitrogens with zero attached hydrogens (tertiary/aromatic N) is 2. The highest BCUT2D eigenvalue weighted by Crippen LogP contribution is 2.19. The quantitative estimate of drug-likeness (QED) is 0.814. The summed E-state index contributed by atoms with van der Waals surface area (Å²) in [6, 6.07) is 10.5. The highest BCUT2D eigenvalue weighted by Gasteiger charge is 2.26. The number of carbonyl (C=O) groups is 1. The lowest BCUT2D eigenvalue weighted by molar-refractivity contribution is -0.134. The van der Waals surface area contributed by atoms with Gasteiger partial charge >= 0.3 is 0 Å². The number of piperidine rings is 1. The van der Waals surface area contributed by atoms with Gasteiger partial charge < -0.3 is 4.90 Å². The second-order valence-electron chi connectivity index (χ2n) is 5.29. The molecule has 1 aliphatic rings. The summed E-state index contributed by atoms with van der Waals surface area (Å²) < 4.78 is 0. The van der Waals surface area contributed by atoms with Gasteiger partial charge in [0.2, 0.25) is 5.91 Å². The van der Waals surface area contributed by atoms with Crippen molar-refractivity contribution in [2.24, 2.45) is 5.92 Å². The molecule has 1 fully saturated rings. The zero-order valence-corrected chi connectivity index (χ0v) is 11.3. The molecule has 18 heavy (non-hydrogen) atoms. The van der Waals surface area contributed by atoms with Crippen LogP contribution in [0.25, 0.3) is 0 Å². The average Bonchev–Trinajstić information content (AvgIpc) is 2.39. The number of hydrogen-bond acceptors (Lipinski definition) is 2. The van der Waals surface area contributed by atoms with Crippen LogP contribution in [0.15, 0.2) is 30.3 Å². The van der Waals surface area contributed by atoms with Crippen LogP contribution < -0.4 is 0 Å². The van der Waals surface area contributed by atoms with E-state index in [4.69, 9.17) is 0 Å². The van der Waals surface area contributed by atoms with Crippen molar-refractivity contribution in [1.82, 2.24) is 9.80 Å². The lowest BCUT2D eigenvalue weighted by Crippen LogP contribution is -2.42. The van der Waals surface area contributed by atoms with E-state index in [0.717, 1.165) is 32.5 Å². The maximum atomic E-state index is 12.0. The van der Waals surface area contributed by atoms with Crippen molar-refractivity contribution in [1.29, 1.82) is 0 Å². The van der Waals surface area contributed by atoms with E-state index >= 15 is 0 Å². The van der Waals surface area contributed by atoms with Crippen LogP contribution >= 0.6 is 0 Å². The van der Waals surface area contributed by atoms with Crippen LogP contribution in [-0.2, 0) is 11.3 Å². The predicted molar refractivity (Wildman–Crippen MR) is 73.1 cm³/mol. The van der Waals surface area contributed by atoms with Crippen LogP contribution in [0.5, 0.6) is 0 Å². The number of amides is 1. The maximum Gasteiger partial charge on any atom is 0.226 e. The molecule has 0 radical (unpaired) electrons. The molecule has 3 nitrogen and oxygen atoms in total. The molecule has 0 aliphatic carbocycles. The van der Waals surface area contributed by atoms with Crippen molar-refractivity contribution < 1.29 is 4.79 Å². The summed E-state index contributed by atoms with van der Waals surface area (Å²) in [4.78, 5) is 16.1. The molecule has 0 bridgehead atoms. The van der Waals surface area contributed by atoms with Crippen molar-refractivity contribution in [2.75, 3.05) is 27.2 Å². The first-order valence-corrected chi connectivity index (χ1v) is 6.64. The van der Waals surface area contributed by atoms with Crippen LogP contribution in [0.1, 0.15) is 18.4 Å². The van der Waals surface area contributed by atoms with E-state index in [1.54, 1.807) is 4.90 Å². The minimum absolute atomic E-state index is 0.178. The fourth-order valence-corrected chi connectivity index (χ4v) is 2.61. The zero-order chi connectivity index (χ0) is 13.0. The highest BCUT2D eigenvalue weighted by molar-refractivity contribution is 5.78. The second kappa shape index (κ2) is 6.01. The fourth-order valence-electron chi connectivity index (χ4n) is 2.61. The molecule has 1 unspecified atom stereocenters. The molecule has 2 rings (SSSR count). The fraction of sp³-hybridized carbons (Fsp3) is 0.533. The molecule has 0 aromatic heterocycles. The molecule has 3 heteroatoms. The van der Waals surface area contributed by atoms with Gasteiger partial charge in [-0.2, -0.15) is 0 Å². The van der Waals surface area contributed by atoms with E-state index in [1.807, 2.05) is 20.2 Å². The van der Waals surface area contributed by atoms with Crippen molar-refractivity contribution >= 4 is 5.91 Å². The van der Waals surface area contributed by atoms with E-state index in [2.05, 4.69) is 29.2 Å². The highest BCUT2D eigenvalue weighted by atomic mass is 16.2. The van der Waals surface area contributed by atoms with Crippen LogP contribution in [0.2, 0.25) is 0 Å². The van der Waals surface area contributed by atoms with Gasteiger partial charge in [-0.3, -0.25) is 9.69 Å². The Kier molecular flexibility index (Phi) is 4.37. The van der Waals surface area contributed by atoms with Crippen molar-refractivity contribution in [3.63, 3.8) is 0 Å². The first kappa shape index (κ1) is 13.1. The van der Waals surface area contributed by atoms with E-state index in [9.17, 15) is 4.79 Å². The number of rotatable bonds is 3. The lowest BCUT2D eigenvalue weighted by atomic mass is 9.96. The Bertz CT molecular complexity index is 389. The molecule has 0 saturated carbocycles. The van der Waals surface area contributed by atoms with Crippen molar-refractivity contribution in [2.45, 2.75) is 19.4 Å². The first-order chi connectivity index (χ1) is 8.66. The smallest absolute Gasteiger partial charge is 0.226 e. The molecular weight excluding hydrogens is 224 g/mol. The lowest BCUT2D eigenvalue weighted by Gasteiger charge is -2.33. The minimum atomic E-state index is 0.178. The molecule has 1 aromatic rings. The van der Waals surface area contributed by atoms with Crippen LogP contribution in [0, 0.1) is 5.92 Å². The second-order valence-corrected chi connectivity index (χ2v) is 5.29. The minimum Gasteiger partial charge on any atom is -0.349 e. The van der Waals surface area contributed by atoms with Gasteiger partial charge in [0.25, 0.3) is 0 Å².